The van der Waals surface area contributed by atoms with E-state index in [1.165, 1.54) is 29.7 Å². The first-order valence-electron chi connectivity index (χ1n) is 12.9. The smallest absolute Gasteiger partial charge is 0.225 e. The van der Waals surface area contributed by atoms with Crippen molar-refractivity contribution in [2.24, 2.45) is 5.92 Å². The predicted molar refractivity (Wildman–Crippen MR) is 140 cm³/mol. The van der Waals surface area contributed by atoms with Crippen LogP contribution in [0.5, 0.6) is 0 Å². The van der Waals surface area contributed by atoms with Crippen LogP contribution in [0.3, 0.4) is 0 Å². The molecule has 0 unspecified atom stereocenters. The largest absolute Gasteiger partial charge is 0.340 e. The van der Waals surface area contributed by atoms with Gasteiger partial charge in [0.25, 0.3) is 0 Å². The highest BCUT2D eigenvalue weighted by Gasteiger charge is 2.31. The van der Waals surface area contributed by atoms with Gasteiger partial charge in [-0.25, -0.2) is 9.37 Å². The van der Waals surface area contributed by atoms with Crippen LogP contribution in [0, 0.1) is 18.7 Å². The van der Waals surface area contributed by atoms with Crippen molar-refractivity contribution >= 4 is 11.6 Å². The van der Waals surface area contributed by atoms with Gasteiger partial charge in [0.05, 0.1) is 11.4 Å². The predicted octanol–water partition coefficient (Wildman–Crippen LogP) is 5.56. The highest BCUT2D eigenvalue weighted by molar-refractivity contribution is 5.79. The zero-order chi connectivity index (χ0) is 24.6. The van der Waals surface area contributed by atoms with E-state index >= 15 is 0 Å². The second-order valence-corrected chi connectivity index (χ2v) is 10.2. The number of benzene rings is 2. The molecule has 184 valence electrons. The highest BCUT2D eigenvalue weighted by Crippen LogP contribution is 2.31. The number of carbonyl (C=O) groups excluding carboxylic acids is 1. The van der Waals surface area contributed by atoms with Crippen molar-refractivity contribution in [2.45, 2.75) is 32.7 Å². The summed E-state index contributed by atoms with van der Waals surface area (Å²) in [5.41, 5.74) is 7.27. The number of fused-ring (bicyclic) bond motifs is 1. The summed E-state index contributed by atoms with van der Waals surface area (Å²) in [6.45, 7) is 6.04. The third-order valence-electron chi connectivity index (χ3n) is 7.70. The van der Waals surface area contributed by atoms with Crippen LogP contribution in [0.15, 0.2) is 66.9 Å². The molecule has 2 aromatic carbocycles. The zero-order valence-electron chi connectivity index (χ0n) is 20.7. The molecular formula is C30H31FN4O. The second-order valence-electron chi connectivity index (χ2n) is 10.2. The van der Waals surface area contributed by atoms with Gasteiger partial charge in [-0.15, -0.1) is 0 Å². The lowest BCUT2D eigenvalue weighted by molar-refractivity contribution is -0.140. The Balaban J connectivity index is 1.33. The van der Waals surface area contributed by atoms with Gasteiger partial charge in [0.1, 0.15) is 11.5 Å². The van der Waals surface area contributed by atoms with Gasteiger partial charge in [-0.2, -0.15) is 0 Å². The molecule has 5 nitrogen and oxygen atoms in total. The summed E-state index contributed by atoms with van der Waals surface area (Å²) in [4.78, 5) is 22.1. The van der Waals surface area contributed by atoms with Gasteiger partial charge in [-0.1, -0.05) is 36.2 Å². The molecule has 1 saturated carbocycles. The summed E-state index contributed by atoms with van der Waals surface area (Å²) in [5, 5.41) is 0. The number of amides is 1. The van der Waals surface area contributed by atoms with Gasteiger partial charge in [0, 0.05) is 50.4 Å². The van der Waals surface area contributed by atoms with Crippen molar-refractivity contribution in [3.8, 4) is 22.4 Å². The molecule has 0 bridgehead atoms. The highest BCUT2D eigenvalue weighted by atomic mass is 19.1. The quantitative estimate of drug-likeness (QED) is 0.374. The Morgan fingerprint density at radius 2 is 1.69 bits per heavy atom. The summed E-state index contributed by atoms with van der Waals surface area (Å²) in [5.74, 6) is 0.337. The van der Waals surface area contributed by atoms with Gasteiger partial charge in [0.2, 0.25) is 5.91 Å². The summed E-state index contributed by atoms with van der Waals surface area (Å²) in [6, 6.07) is 19.3. The van der Waals surface area contributed by atoms with Crippen LogP contribution < -0.4 is 0 Å². The van der Waals surface area contributed by atoms with Crippen LogP contribution in [-0.4, -0.2) is 51.3 Å². The maximum absolute atomic E-state index is 13.7. The number of carbonyl (C=O) groups is 1. The minimum atomic E-state index is -0.252. The molecule has 1 amide bonds. The van der Waals surface area contributed by atoms with Crippen molar-refractivity contribution < 1.29 is 9.18 Å². The molecule has 6 rings (SSSR count). The molecule has 3 heterocycles. The summed E-state index contributed by atoms with van der Waals surface area (Å²) >= 11 is 0. The number of aromatic nitrogens is 2. The molecule has 0 atom stereocenters. The molecule has 0 radical (unpaired) electrons. The molecule has 2 aliphatic rings. The van der Waals surface area contributed by atoms with E-state index < -0.39 is 0 Å². The minimum absolute atomic E-state index is 0.250. The van der Waals surface area contributed by atoms with E-state index in [1.54, 1.807) is 12.1 Å². The number of piperazine rings is 1. The first-order chi connectivity index (χ1) is 17.5. The Morgan fingerprint density at radius 3 is 2.39 bits per heavy atom. The Hall–Kier alpha value is -3.51. The Labute approximate surface area is 211 Å². The maximum Gasteiger partial charge on any atom is 0.225 e. The molecule has 1 aliphatic carbocycles. The van der Waals surface area contributed by atoms with Crippen molar-refractivity contribution in [3.05, 3.63) is 83.9 Å². The molecule has 36 heavy (non-hydrogen) atoms. The van der Waals surface area contributed by atoms with E-state index in [4.69, 9.17) is 4.98 Å². The number of halogens is 1. The van der Waals surface area contributed by atoms with E-state index in [9.17, 15) is 9.18 Å². The fourth-order valence-corrected chi connectivity index (χ4v) is 5.33. The third kappa shape index (κ3) is 4.42. The molecule has 0 N–H and O–H groups in total. The molecular weight excluding hydrogens is 451 g/mol. The number of hydrogen-bond donors (Lipinski definition) is 0. The number of hydrogen-bond acceptors (Lipinski definition) is 3. The fraction of sp³-hybridized carbons (Fsp3) is 0.333. The second kappa shape index (κ2) is 9.51. The number of rotatable bonds is 5. The van der Waals surface area contributed by atoms with Crippen molar-refractivity contribution in [1.29, 1.82) is 0 Å². The van der Waals surface area contributed by atoms with Crippen molar-refractivity contribution in [2.75, 3.05) is 26.2 Å². The lowest BCUT2D eigenvalue weighted by Gasteiger charge is -2.38. The van der Waals surface area contributed by atoms with E-state index in [0.717, 1.165) is 73.7 Å². The van der Waals surface area contributed by atoms with E-state index in [1.807, 2.05) is 4.90 Å². The van der Waals surface area contributed by atoms with Crippen LogP contribution in [-0.2, 0) is 11.3 Å². The zero-order valence-corrected chi connectivity index (χ0v) is 20.7. The third-order valence-corrected chi connectivity index (χ3v) is 7.70. The Morgan fingerprint density at radius 1 is 0.944 bits per heavy atom. The first-order valence-corrected chi connectivity index (χ1v) is 12.9. The Kier molecular flexibility index (Phi) is 6.05. The van der Waals surface area contributed by atoms with E-state index in [-0.39, 0.29) is 11.7 Å². The van der Waals surface area contributed by atoms with Crippen LogP contribution in [0.1, 0.15) is 30.5 Å². The Bertz CT molecular complexity index is 1400. The number of imidazole rings is 1. The average Bonchev–Trinajstić information content (AvgIpc) is 3.21. The normalized spacial score (nSPS) is 16.9. The minimum Gasteiger partial charge on any atom is -0.340 e. The molecule has 0 spiro atoms. The fourth-order valence-electron chi connectivity index (χ4n) is 5.33. The van der Waals surface area contributed by atoms with Crippen LogP contribution in [0.2, 0.25) is 0 Å². The monoisotopic (exact) mass is 482 g/mol. The maximum atomic E-state index is 13.7. The van der Waals surface area contributed by atoms with Crippen molar-refractivity contribution in [1.82, 2.24) is 19.2 Å². The van der Waals surface area contributed by atoms with Gasteiger partial charge in [-0.3, -0.25) is 9.69 Å². The SMILES string of the molecule is Cc1cccc(-c2ccc3nc(-c4ccc(F)cc4)c(CN4CCN(C(=O)C5CCC5)CC4)n3c2)c1. The average molecular weight is 483 g/mol. The topological polar surface area (TPSA) is 40.9 Å². The molecule has 1 saturated heterocycles. The van der Waals surface area contributed by atoms with E-state index in [2.05, 4.69) is 58.8 Å². The molecule has 1 aliphatic heterocycles. The lowest BCUT2D eigenvalue weighted by atomic mass is 9.84. The molecule has 4 aromatic rings. The number of pyridine rings is 1. The van der Waals surface area contributed by atoms with Crippen LogP contribution >= 0.6 is 0 Å². The summed E-state index contributed by atoms with van der Waals surface area (Å²) < 4.78 is 15.9. The van der Waals surface area contributed by atoms with Gasteiger partial charge >= 0.3 is 0 Å². The van der Waals surface area contributed by atoms with Gasteiger partial charge < -0.3 is 9.30 Å². The molecule has 2 fully saturated rings. The first kappa shape index (κ1) is 22.9. The molecule has 2 aromatic heterocycles. The van der Waals surface area contributed by atoms with Crippen LogP contribution in [0.25, 0.3) is 28.0 Å². The van der Waals surface area contributed by atoms with Crippen LogP contribution in [0.4, 0.5) is 4.39 Å². The summed E-state index contributed by atoms with van der Waals surface area (Å²) in [7, 11) is 0. The number of nitrogens with zero attached hydrogens (tertiary/aromatic N) is 4. The van der Waals surface area contributed by atoms with E-state index in [0.29, 0.717) is 5.91 Å². The molecule has 6 heteroatoms. The standard InChI is InChI=1S/C30H31FN4O/c1-21-4-2-7-24(18-21)25-10-13-28-32-29(22-8-11-26(31)12-9-22)27(35(28)19-25)20-33-14-16-34(17-15-33)30(36)23-5-3-6-23/h2,4,7-13,18-19,23H,3,5-6,14-17,20H2,1H3. The summed E-state index contributed by atoms with van der Waals surface area (Å²) in [6.07, 6.45) is 5.44. The van der Waals surface area contributed by atoms with Gasteiger partial charge in [-0.05, 0) is 67.3 Å². The van der Waals surface area contributed by atoms with Crippen molar-refractivity contribution in [3.63, 3.8) is 0 Å². The number of aryl methyl sites for hydroxylation is 1. The van der Waals surface area contributed by atoms with Gasteiger partial charge in [0.15, 0.2) is 0 Å². The lowest BCUT2D eigenvalue weighted by Crippen LogP contribution is -2.50.